The minimum Gasteiger partial charge on any atom is -0.497 e. The molecule has 132 valence electrons. The molecule has 0 saturated carbocycles. The van der Waals surface area contributed by atoms with Gasteiger partial charge in [-0.15, -0.1) is 0 Å². The number of sulfonamides is 1. The molecule has 1 aromatic heterocycles. The zero-order valence-electron chi connectivity index (χ0n) is 13.9. The molecule has 7 heteroatoms. The van der Waals surface area contributed by atoms with Gasteiger partial charge in [-0.1, -0.05) is 28.1 Å². The Balaban J connectivity index is 1.87. The Kier molecular flexibility index (Phi) is 5.17. The van der Waals surface area contributed by atoms with Crippen LogP contribution in [0.5, 0.6) is 5.75 Å². The van der Waals surface area contributed by atoms with Gasteiger partial charge in [-0.25, -0.2) is 8.42 Å². The fourth-order valence-electron chi connectivity index (χ4n) is 2.59. The summed E-state index contributed by atoms with van der Waals surface area (Å²) in [4.78, 5) is 0. The number of rotatable bonds is 6. The molecule has 0 radical (unpaired) electrons. The molecule has 0 saturated heterocycles. The lowest BCUT2D eigenvalue weighted by molar-refractivity contribution is 0.402. The molecule has 0 aliphatic heterocycles. The fourth-order valence-corrected chi connectivity index (χ4v) is 3.69. The minimum atomic E-state index is -3.38. The average molecular weight is 424 g/mol. The van der Waals surface area contributed by atoms with Crippen molar-refractivity contribution in [3.63, 3.8) is 0 Å². The highest BCUT2D eigenvalue weighted by Gasteiger charge is 2.20. The summed E-state index contributed by atoms with van der Waals surface area (Å²) in [7, 11) is -1.78. The number of methoxy groups -OCH3 is 1. The maximum Gasteiger partial charge on any atom is 0.211 e. The summed E-state index contributed by atoms with van der Waals surface area (Å²) in [5, 5.41) is 0.909. The Hall–Kier alpha value is -1.83. The van der Waals surface area contributed by atoms with Crippen LogP contribution in [0.25, 0.3) is 11.0 Å². The summed E-state index contributed by atoms with van der Waals surface area (Å²) < 4.78 is 37.5. The molecule has 3 aromatic rings. The standard InChI is InChI=1S/C18H18BrNO4S/c1-23-16-6-3-13(4-7-16)10-20(25(2,21)22)11-14-12-24-18-9-15(19)5-8-17(14)18/h3-9,12H,10-11H2,1-2H3. The van der Waals surface area contributed by atoms with Crippen LogP contribution >= 0.6 is 15.9 Å². The van der Waals surface area contributed by atoms with Gasteiger partial charge in [0, 0.05) is 28.5 Å². The van der Waals surface area contributed by atoms with Crippen LogP contribution in [-0.2, 0) is 23.1 Å². The second-order valence-electron chi connectivity index (χ2n) is 5.78. The first-order valence-electron chi connectivity index (χ1n) is 7.60. The first kappa shape index (κ1) is 18.0. The molecule has 0 fully saturated rings. The molecular formula is C18H18BrNO4S. The molecule has 0 spiro atoms. The maximum absolute atomic E-state index is 12.2. The van der Waals surface area contributed by atoms with Crippen molar-refractivity contribution < 1.29 is 17.6 Å². The van der Waals surface area contributed by atoms with Crippen molar-refractivity contribution >= 4 is 36.9 Å². The van der Waals surface area contributed by atoms with Gasteiger partial charge in [0.25, 0.3) is 0 Å². The molecule has 0 unspecified atom stereocenters. The molecule has 5 nitrogen and oxygen atoms in total. The lowest BCUT2D eigenvalue weighted by Gasteiger charge is -2.19. The third kappa shape index (κ3) is 4.23. The summed E-state index contributed by atoms with van der Waals surface area (Å²) >= 11 is 3.40. The summed E-state index contributed by atoms with van der Waals surface area (Å²) in [6.07, 6.45) is 2.83. The fraction of sp³-hybridized carbons (Fsp3) is 0.222. The topological polar surface area (TPSA) is 59.8 Å². The van der Waals surface area contributed by atoms with Crippen LogP contribution < -0.4 is 4.74 Å². The van der Waals surface area contributed by atoms with E-state index in [9.17, 15) is 8.42 Å². The molecule has 1 heterocycles. The Morgan fingerprint density at radius 1 is 1.12 bits per heavy atom. The largest absolute Gasteiger partial charge is 0.497 e. The van der Waals surface area contributed by atoms with E-state index >= 15 is 0 Å². The molecular weight excluding hydrogens is 406 g/mol. The van der Waals surface area contributed by atoms with Crippen molar-refractivity contribution in [2.75, 3.05) is 13.4 Å². The quantitative estimate of drug-likeness (QED) is 0.596. The monoisotopic (exact) mass is 423 g/mol. The van der Waals surface area contributed by atoms with Gasteiger partial charge in [0.15, 0.2) is 0 Å². The Morgan fingerprint density at radius 3 is 2.48 bits per heavy atom. The van der Waals surface area contributed by atoms with Crippen molar-refractivity contribution in [3.05, 3.63) is 64.3 Å². The third-order valence-electron chi connectivity index (χ3n) is 3.95. The van der Waals surface area contributed by atoms with Crippen LogP contribution in [0.3, 0.4) is 0 Å². The van der Waals surface area contributed by atoms with Crippen molar-refractivity contribution in [1.29, 1.82) is 0 Å². The highest BCUT2D eigenvalue weighted by molar-refractivity contribution is 9.10. The molecule has 0 N–H and O–H groups in total. The van der Waals surface area contributed by atoms with E-state index in [0.717, 1.165) is 32.3 Å². The van der Waals surface area contributed by atoms with Crippen molar-refractivity contribution in [2.24, 2.45) is 0 Å². The third-order valence-corrected chi connectivity index (χ3v) is 5.64. The SMILES string of the molecule is COc1ccc(CN(Cc2coc3cc(Br)ccc23)S(C)(=O)=O)cc1. The van der Waals surface area contributed by atoms with Crippen LogP contribution in [0.15, 0.2) is 57.6 Å². The molecule has 3 rings (SSSR count). The lowest BCUT2D eigenvalue weighted by atomic mass is 10.1. The number of hydrogen-bond acceptors (Lipinski definition) is 4. The normalized spacial score (nSPS) is 12.0. The van der Waals surface area contributed by atoms with Gasteiger partial charge in [0.05, 0.1) is 19.6 Å². The van der Waals surface area contributed by atoms with Crippen molar-refractivity contribution in [2.45, 2.75) is 13.1 Å². The van der Waals surface area contributed by atoms with Crippen LogP contribution in [0.4, 0.5) is 0 Å². The van der Waals surface area contributed by atoms with E-state index in [1.807, 2.05) is 42.5 Å². The first-order valence-corrected chi connectivity index (χ1v) is 10.2. The zero-order chi connectivity index (χ0) is 18.0. The number of ether oxygens (including phenoxy) is 1. The number of benzene rings is 2. The summed E-state index contributed by atoms with van der Waals surface area (Å²) in [6.45, 7) is 0.533. The van der Waals surface area contributed by atoms with Crippen molar-refractivity contribution in [3.8, 4) is 5.75 Å². The van der Waals surface area contributed by atoms with Crippen LogP contribution in [0.1, 0.15) is 11.1 Å². The molecule has 0 bridgehead atoms. The molecule has 0 amide bonds. The minimum absolute atomic E-state index is 0.249. The second-order valence-corrected chi connectivity index (χ2v) is 8.68. The highest BCUT2D eigenvalue weighted by Crippen LogP contribution is 2.27. The van der Waals surface area contributed by atoms with Gasteiger partial charge in [-0.3, -0.25) is 0 Å². The Morgan fingerprint density at radius 2 is 1.84 bits per heavy atom. The van der Waals surface area contributed by atoms with E-state index < -0.39 is 10.0 Å². The van der Waals surface area contributed by atoms with Gasteiger partial charge in [0.1, 0.15) is 11.3 Å². The average Bonchev–Trinajstić information content (AvgIpc) is 2.96. The summed E-state index contributed by atoms with van der Waals surface area (Å²) in [5.41, 5.74) is 2.45. The Labute approximate surface area is 155 Å². The molecule has 2 aromatic carbocycles. The number of furan rings is 1. The van der Waals surface area contributed by atoms with Gasteiger partial charge >= 0.3 is 0 Å². The van der Waals surface area contributed by atoms with E-state index in [4.69, 9.17) is 9.15 Å². The van der Waals surface area contributed by atoms with Crippen molar-refractivity contribution in [1.82, 2.24) is 4.31 Å². The number of nitrogens with zero attached hydrogens (tertiary/aromatic N) is 1. The Bertz CT molecular complexity index is 980. The van der Waals surface area contributed by atoms with Crippen LogP contribution in [0, 0.1) is 0 Å². The summed E-state index contributed by atoms with van der Waals surface area (Å²) in [6, 6.07) is 13.1. The molecule has 0 aliphatic carbocycles. The maximum atomic E-state index is 12.2. The van der Waals surface area contributed by atoms with Gasteiger partial charge in [-0.05, 0) is 35.9 Å². The predicted molar refractivity (Wildman–Crippen MR) is 101 cm³/mol. The van der Waals surface area contributed by atoms with Crippen LogP contribution in [0.2, 0.25) is 0 Å². The molecule has 25 heavy (non-hydrogen) atoms. The predicted octanol–water partition coefficient (Wildman–Crippen LogP) is 4.17. The smallest absolute Gasteiger partial charge is 0.211 e. The van der Waals surface area contributed by atoms with E-state index in [1.54, 1.807) is 13.4 Å². The second kappa shape index (κ2) is 7.19. The van der Waals surface area contributed by atoms with Gasteiger partial charge < -0.3 is 9.15 Å². The van der Waals surface area contributed by atoms with E-state index in [1.165, 1.54) is 10.6 Å². The molecule has 0 aliphatic rings. The summed E-state index contributed by atoms with van der Waals surface area (Å²) in [5.74, 6) is 0.737. The van der Waals surface area contributed by atoms with E-state index in [-0.39, 0.29) is 13.1 Å². The van der Waals surface area contributed by atoms with E-state index in [0.29, 0.717) is 0 Å². The lowest BCUT2D eigenvalue weighted by Crippen LogP contribution is -2.29. The van der Waals surface area contributed by atoms with E-state index in [2.05, 4.69) is 15.9 Å². The van der Waals surface area contributed by atoms with Gasteiger partial charge in [0.2, 0.25) is 10.0 Å². The highest BCUT2D eigenvalue weighted by atomic mass is 79.9. The molecule has 0 atom stereocenters. The number of fused-ring (bicyclic) bond motifs is 1. The number of halogens is 1. The zero-order valence-corrected chi connectivity index (χ0v) is 16.3. The van der Waals surface area contributed by atoms with Gasteiger partial charge in [-0.2, -0.15) is 4.31 Å². The number of hydrogen-bond donors (Lipinski definition) is 0. The first-order chi connectivity index (χ1) is 11.9. The van der Waals surface area contributed by atoms with Crippen LogP contribution in [-0.4, -0.2) is 26.1 Å².